The SMILES string of the molecule is NCC(=O)N1CCN(C(=O)c2cccs2)[C@@H](C(=O)N[C@H]2CCCNC2=O)C1. The standard InChI is InChI=1S/C17H23N5O4S/c18-9-14(23)21-6-7-22(17(26)13-4-2-8-27-13)12(10-21)16(25)20-11-3-1-5-19-15(11)24/h2,4,8,11-12H,1,3,5-7,9-10,18H2,(H,19,24)(H,20,25)/t11-,12+/m0/s1. The van der Waals surface area contributed by atoms with Crippen LogP contribution in [0, 0.1) is 0 Å². The van der Waals surface area contributed by atoms with Gasteiger partial charge in [0.1, 0.15) is 12.1 Å². The van der Waals surface area contributed by atoms with Crippen LogP contribution in [0.3, 0.4) is 0 Å². The number of carbonyl (C=O) groups is 4. The van der Waals surface area contributed by atoms with Crippen molar-refractivity contribution in [2.75, 3.05) is 32.7 Å². The monoisotopic (exact) mass is 393 g/mol. The van der Waals surface area contributed by atoms with Gasteiger partial charge in [-0.25, -0.2) is 0 Å². The first-order valence-electron chi connectivity index (χ1n) is 8.91. The van der Waals surface area contributed by atoms with E-state index in [1.807, 2.05) is 0 Å². The number of carbonyl (C=O) groups excluding carboxylic acids is 4. The molecule has 27 heavy (non-hydrogen) atoms. The fraction of sp³-hybridized carbons (Fsp3) is 0.529. The Morgan fingerprint density at radius 3 is 2.81 bits per heavy atom. The maximum Gasteiger partial charge on any atom is 0.264 e. The molecule has 4 amide bonds. The molecule has 1 aromatic rings. The maximum atomic E-state index is 12.9. The van der Waals surface area contributed by atoms with Gasteiger partial charge in [0.25, 0.3) is 5.91 Å². The van der Waals surface area contributed by atoms with Gasteiger partial charge in [0.05, 0.1) is 18.0 Å². The molecule has 0 aromatic carbocycles. The average molecular weight is 393 g/mol. The topological polar surface area (TPSA) is 125 Å². The number of nitrogens with zero attached hydrogens (tertiary/aromatic N) is 2. The van der Waals surface area contributed by atoms with E-state index >= 15 is 0 Å². The number of nitrogens with one attached hydrogen (secondary N) is 2. The Balaban J connectivity index is 1.77. The summed E-state index contributed by atoms with van der Waals surface area (Å²) in [7, 11) is 0. The van der Waals surface area contributed by atoms with Crippen molar-refractivity contribution in [3.05, 3.63) is 22.4 Å². The van der Waals surface area contributed by atoms with Crippen molar-refractivity contribution in [3.8, 4) is 0 Å². The number of hydrogen-bond acceptors (Lipinski definition) is 6. The first kappa shape index (κ1) is 19.3. The van der Waals surface area contributed by atoms with Crippen LogP contribution < -0.4 is 16.4 Å². The van der Waals surface area contributed by atoms with Crippen molar-refractivity contribution in [1.29, 1.82) is 0 Å². The minimum absolute atomic E-state index is 0.0628. The highest BCUT2D eigenvalue weighted by Crippen LogP contribution is 2.18. The Bertz CT molecular complexity index is 723. The number of piperazine rings is 1. The molecule has 146 valence electrons. The number of nitrogens with two attached hydrogens (primary N) is 1. The minimum atomic E-state index is -0.862. The van der Waals surface area contributed by atoms with E-state index in [2.05, 4.69) is 10.6 Å². The molecule has 0 unspecified atom stereocenters. The van der Waals surface area contributed by atoms with E-state index in [0.717, 1.165) is 6.42 Å². The van der Waals surface area contributed by atoms with Gasteiger partial charge < -0.3 is 26.2 Å². The van der Waals surface area contributed by atoms with Gasteiger partial charge in [-0.1, -0.05) is 6.07 Å². The van der Waals surface area contributed by atoms with Gasteiger partial charge in [-0.15, -0.1) is 11.3 Å². The fourth-order valence-electron chi connectivity index (χ4n) is 3.33. The molecule has 2 atom stereocenters. The molecule has 0 spiro atoms. The number of amides is 4. The molecule has 2 saturated heterocycles. The molecule has 3 heterocycles. The van der Waals surface area contributed by atoms with Gasteiger partial charge in [-0.3, -0.25) is 19.2 Å². The molecule has 0 aliphatic carbocycles. The highest BCUT2D eigenvalue weighted by molar-refractivity contribution is 7.12. The second kappa shape index (κ2) is 8.49. The molecule has 2 fully saturated rings. The molecular formula is C17H23N5O4S. The number of piperidine rings is 1. The molecular weight excluding hydrogens is 370 g/mol. The average Bonchev–Trinajstić information content (AvgIpc) is 3.23. The van der Waals surface area contributed by atoms with Gasteiger partial charge in [-0.2, -0.15) is 0 Å². The zero-order valence-corrected chi connectivity index (χ0v) is 15.7. The van der Waals surface area contributed by atoms with Crippen molar-refractivity contribution in [2.45, 2.75) is 24.9 Å². The largest absolute Gasteiger partial charge is 0.354 e. The lowest BCUT2D eigenvalue weighted by Crippen LogP contribution is -2.64. The van der Waals surface area contributed by atoms with Gasteiger partial charge in [0, 0.05) is 19.6 Å². The summed E-state index contributed by atoms with van der Waals surface area (Å²) in [6.07, 6.45) is 1.32. The van der Waals surface area contributed by atoms with Crippen LogP contribution in [0.4, 0.5) is 0 Å². The molecule has 3 rings (SSSR count). The zero-order chi connectivity index (χ0) is 19.4. The molecule has 1 aromatic heterocycles. The van der Waals surface area contributed by atoms with E-state index in [1.54, 1.807) is 17.5 Å². The highest BCUT2D eigenvalue weighted by Gasteiger charge is 2.38. The Kier molecular flexibility index (Phi) is 6.07. The maximum absolute atomic E-state index is 12.9. The van der Waals surface area contributed by atoms with Crippen LogP contribution in [-0.2, 0) is 14.4 Å². The molecule has 4 N–H and O–H groups in total. The summed E-state index contributed by atoms with van der Waals surface area (Å²) in [5.41, 5.74) is 5.44. The number of rotatable bonds is 4. The first-order valence-corrected chi connectivity index (χ1v) is 9.79. The highest BCUT2D eigenvalue weighted by atomic mass is 32.1. The lowest BCUT2D eigenvalue weighted by molar-refractivity contribution is -0.138. The third-order valence-corrected chi connectivity index (χ3v) is 5.66. The normalized spacial score (nSPS) is 22.9. The Labute approximate surface area is 160 Å². The van der Waals surface area contributed by atoms with Gasteiger partial charge in [-0.05, 0) is 24.3 Å². The first-order chi connectivity index (χ1) is 13.0. The van der Waals surface area contributed by atoms with Crippen molar-refractivity contribution in [2.24, 2.45) is 5.73 Å². The van der Waals surface area contributed by atoms with E-state index in [-0.39, 0.29) is 37.4 Å². The van der Waals surface area contributed by atoms with E-state index in [4.69, 9.17) is 5.73 Å². The molecule has 0 bridgehead atoms. The molecule has 0 radical (unpaired) electrons. The lowest BCUT2D eigenvalue weighted by Gasteiger charge is -2.40. The van der Waals surface area contributed by atoms with Gasteiger partial charge >= 0.3 is 0 Å². The van der Waals surface area contributed by atoms with Crippen LogP contribution in [0.5, 0.6) is 0 Å². The van der Waals surface area contributed by atoms with E-state index < -0.39 is 18.0 Å². The summed E-state index contributed by atoms with van der Waals surface area (Å²) in [5.74, 6) is -1.18. The quantitative estimate of drug-likeness (QED) is 0.590. The van der Waals surface area contributed by atoms with Crippen LogP contribution in [0.25, 0.3) is 0 Å². The summed E-state index contributed by atoms with van der Waals surface area (Å²) in [4.78, 5) is 53.2. The third kappa shape index (κ3) is 4.28. The van der Waals surface area contributed by atoms with Crippen molar-refractivity contribution in [1.82, 2.24) is 20.4 Å². The Morgan fingerprint density at radius 1 is 1.33 bits per heavy atom. The summed E-state index contributed by atoms with van der Waals surface area (Å²) >= 11 is 1.30. The second-order valence-electron chi connectivity index (χ2n) is 6.53. The Morgan fingerprint density at radius 2 is 2.15 bits per heavy atom. The van der Waals surface area contributed by atoms with E-state index in [9.17, 15) is 19.2 Å². The molecule has 9 nitrogen and oxygen atoms in total. The molecule has 2 aliphatic rings. The summed E-state index contributed by atoms with van der Waals surface area (Å²) in [6, 6.07) is 1.99. The summed E-state index contributed by atoms with van der Waals surface area (Å²) < 4.78 is 0. The minimum Gasteiger partial charge on any atom is -0.354 e. The lowest BCUT2D eigenvalue weighted by atomic mass is 10.0. The van der Waals surface area contributed by atoms with Gasteiger partial charge in [0.15, 0.2) is 0 Å². The zero-order valence-electron chi connectivity index (χ0n) is 14.8. The summed E-state index contributed by atoms with van der Waals surface area (Å²) in [6.45, 7) is 1.06. The van der Waals surface area contributed by atoms with Crippen molar-refractivity contribution >= 4 is 35.0 Å². The van der Waals surface area contributed by atoms with E-state index in [0.29, 0.717) is 24.4 Å². The fourth-order valence-corrected chi connectivity index (χ4v) is 4.00. The summed E-state index contributed by atoms with van der Waals surface area (Å²) in [5, 5.41) is 7.25. The van der Waals surface area contributed by atoms with Crippen LogP contribution >= 0.6 is 11.3 Å². The van der Waals surface area contributed by atoms with E-state index in [1.165, 1.54) is 21.1 Å². The Hall–Kier alpha value is -2.46. The molecule has 10 heteroatoms. The molecule has 2 aliphatic heterocycles. The van der Waals surface area contributed by atoms with Crippen LogP contribution in [0.15, 0.2) is 17.5 Å². The second-order valence-corrected chi connectivity index (χ2v) is 7.48. The van der Waals surface area contributed by atoms with Crippen molar-refractivity contribution < 1.29 is 19.2 Å². The van der Waals surface area contributed by atoms with Gasteiger partial charge in [0.2, 0.25) is 17.7 Å². The van der Waals surface area contributed by atoms with Crippen molar-refractivity contribution in [3.63, 3.8) is 0 Å². The van der Waals surface area contributed by atoms with Crippen LogP contribution in [0.2, 0.25) is 0 Å². The smallest absolute Gasteiger partial charge is 0.264 e. The molecule has 0 saturated carbocycles. The number of thiophene rings is 1. The predicted molar refractivity (Wildman–Crippen MR) is 99.0 cm³/mol. The van der Waals surface area contributed by atoms with Crippen LogP contribution in [0.1, 0.15) is 22.5 Å². The number of hydrogen-bond donors (Lipinski definition) is 3. The third-order valence-electron chi connectivity index (χ3n) is 4.80. The van der Waals surface area contributed by atoms with Crippen LogP contribution in [-0.4, -0.2) is 78.2 Å². The predicted octanol–water partition coefficient (Wildman–Crippen LogP) is -1.25.